The first kappa shape index (κ1) is 23.6. The second kappa shape index (κ2) is 11.5. The summed E-state index contributed by atoms with van der Waals surface area (Å²) in [5.41, 5.74) is 1.49. The van der Waals surface area contributed by atoms with Gasteiger partial charge in [-0.05, 0) is 74.5 Å². The van der Waals surface area contributed by atoms with Crippen molar-refractivity contribution in [3.63, 3.8) is 0 Å². The Bertz CT molecular complexity index is 876. The standard InChI is InChI=1S/C28H35F3/c1-3-5-6-7-8-10-22-15-18-25(28(31)27(22)30)24-17-16-23(19-26(24)29)21-13-11-20(9-4-2)12-14-21/h4,9,15-21H,3,5-8,10-14H2,1-2H3/b9-4+. The normalized spacial score (nSPS) is 19.3. The van der Waals surface area contributed by atoms with Gasteiger partial charge in [-0.25, -0.2) is 13.2 Å². The van der Waals surface area contributed by atoms with Crippen LogP contribution in [0.3, 0.4) is 0 Å². The van der Waals surface area contributed by atoms with Gasteiger partial charge in [0, 0.05) is 11.1 Å². The number of unbranched alkanes of at least 4 members (excludes halogenated alkanes) is 4. The van der Waals surface area contributed by atoms with Gasteiger partial charge in [-0.2, -0.15) is 0 Å². The van der Waals surface area contributed by atoms with E-state index in [1.807, 2.05) is 13.0 Å². The predicted molar refractivity (Wildman–Crippen MR) is 124 cm³/mol. The van der Waals surface area contributed by atoms with Crippen LogP contribution in [0, 0.1) is 23.4 Å². The van der Waals surface area contributed by atoms with Crippen molar-refractivity contribution >= 4 is 0 Å². The van der Waals surface area contributed by atoms with Crippen molar-refractivity contribution in [2.24, 2.45) is 5.92 Å². The molecule has 0 atom stereocenters. The molecule has 1 aliphatic carbocycles. The van der Waals surface area contributed by atoms with E-state index in [1.54, 1.807) is 12.1 Å². The zero-order valence-electron chi connectivity index (χ0n) is 18.9. The minimum Gasteiger partial charge on any atom is -0.206 e. The van der Waals surface area contributed by atoms with Gasteiger partial charge < -0.3 is 0 Å². The topological polar surface area (TPSA) is 0 Å². The second-order valence-corrected chi connectivity index (χ2v) is 8.94. The summed E-state index contributed by atoms with van der Waals surface area (Å²) in [5, 5.41) is 0. The first-order valence-corrected chi connectivity index (χ1v) is 11.9. The number of allylic oxidation sites excluding steroid dienone is 2. The summed E-state index contributed by atoms with van der Waals surface area (Å²) < 4.78 is 44.3. The van der Waals surface area contributed by atoms with Crippen LogP contribution in [-0.4, -0.2) is 0 Å². The Morgan fingerprint density at radius 3 is 2.23 bits per heavy atom. The van der Waals surface area contributed by atoms with Crippen molar-refractivity contribution in [1.29, 1.82) is 0 Å². The third kappa shape index (κ3) is 6.02. The van der Waals surface area contributed by atoms with Gasteiger partial charge in [-0.1, -0.05) is 69.0 Å². The fourth-order valence-electron chi connectivity index (χ4n) is 4.83. The molecule has 0 aromatic heterocycles. The molecule has 168 valence electrons. The van der Waals surface area contributed by atoms with Crippen LogP contribution in [0.4, 0.5) is 13.2 Å². The summed E-state index contributed by atoms with van der Waals surface area (Å²) in [4.78, 5) is 0. The second-order valence-electron chi connectivity index (χ2n) is 8.94. The molecule has 0 saturated heterocycles. The van der Waals surface area contributed by atoms with Crippen molar-refractivity contribution in [2.45, 2.75) is 84.0 Å². The number of hydrogen-bond donors (Lipinski definition) is 0. The van der Waals surface area contributed by atoms with Crippen LogP contribution in [0.15, 0.2) is 42.5 Å². The maximum absolute atomic E-state index is 14.9. The Kier molecular flexibility index (Phi) is 8.80. The molecule has 3 heteroatoms. The maximum Gasteiger partial charge on any atom is 0.167 e. The molecular weight excluding hydrogens is 393 g/mol. The highest BCUT2D eigenvalue weighted by Crippen LogP contribution is 2.38. The molecule has 0 bridgehead atoms. The van der Waals surface area contributed by atoms with Crippen molar-refractivity contribution in [3.05, 3.63) is 71.1 Å². The van der Waals surface area contributed by atoms with Crippen LogP contribution in [0.1, 0.15) is 88.7 Å². The molecule has 0 nitrogen and oxygen atoms in total. The first-order valence-electron chi connectivity index (χ1n) is 11.9. The molecular formula is C28H35F3. The Morgan fingerprint density at radius 2 is 1.55 bits per heavy atom. The van der Waals surface area contributed by atoms with E-state index >= 15 is 0 Å². The Labute approximate surface area is 185 Å². The minimum atomic E-state index is -0.940. The molecule has 3 rings (SSSR count). The monoisotopic (exact) mass is 428 g/mol. The van der Waals surface area contributed by atoms with Gasteiger partial charge in [0.05, 0.1) is 0 Å². The van der Waals surface area contributed by atoms with Gasteiger partial charge in [0.15, 0.2) is 11.6 Å². The van der Waals surface area contributed by atoms with Gasteiger partial charge >= 0.3 is 0 Å². The Morgan fingerprint density at radius 1 is 0.839 bits per heavy atom. The average molecular weight is 429 g/mol. The van der Waals surface area contributed by atoms with Gasteiger partial charge in [0.25, 0.3) is 0 Å². The molecule has 0 unspecified atom stereocenters. The zero-order valence-corrected chi connectivity index (χ0v) is 18.9. The van der Waals surface area contributed by atoms with E-state index < -0.39 is 17.5 Å². The lowest BCUT2D eigenvalue weighted by Crippen LogP contribution is -2.12. The zero-order chi connectivity index (χ0) is 22.2. The maximum atomic E-state index is 14.9. The number of benzene rings is 2. The van der Waals surface area contributed by atoms with E-state index in [-0.39, 0.29) is 11.1 Å². The smallest absolute Gasteiger partial charge is 0.167 e. The van der Waals surface area contributed by atoms with E-state index in [2.05, 4.69) is 19.1 Å². The molecule has 2 aromatic carbocycles. The minimum absolute atomic E-state index is 0.00748. The summed E-state index contributed by atoms with van der Waals surface area (Å²) in [6.45, 7) is 4.19. The Hall–Kier alpha value is -2.03. The van der Waals surface area contributed by atoms with Crippen molar-refractivity contribution in [2.75, 3.05) is 0 Å². The van der Waals surface area contributed by atoms with Crippen molar-refractivity contribution < 1.29 is 13.2 Å². The van der Waals surface area contributed by atoms with Gasteiger partial charge in [0.1, 0.15) is 5.82 Å². The quantitative estimate of drug-likeness (QED) is 0.276. The molecule has 0 amide bonds. The molecule has 1 fully saturated rings. The summed E-state index contributed by atoms with van der Waals surface area (Å²) in [6, 6.07) is 8.17. The van der Waals surface area contributed by atoms with Crippen molar-refractivity contribution in [3.8, 4) is 11.1 Å². The fourth-order valence-corrected chi connectivity index (χ4v) is 4.83. The van der Waals surface area contributed by atoms with Crippen LogP contribution in [0.2, 0.25) is 0 Å². The first-order chi connectivity index (χ1) is 15.0. The van der Waals surface area contributed by atoms with Gasteiger partial charge in [-0.15, -0.1) is 0 Å². The van der Waals surface area contributed by atoms with E-state index in [1.165, 1.54) is 18.6 Å². The summed E-state index contributed by atoms with van der Waals surface area (Å²) in [5.74, 6) is -1.30. The lowest BCUT2D eigenvalue weighted by molar-refractivity contribution is 0.375. The van der Waals surface area contributed by atoms with E-state index in [9.17, 15) is 13.2 Å². The molecule has 0 aliphatic heterocycles. The predicted octanol–water partition coefficient (Wildman–Crippen LogP) is 9.13. The molecule has 0 radical (unpaired) electrons. The summed E-state index contributed by atoms with van der Waals surface area (Å²) in [6.07, 6.45) is 14.5. The van der Waals surface area contributed by atoms with Gasteiger partial charge in [-0.3, -0.25) is 0 Å². The highest BCUT2D eigenvalue weighted by molar-refractivity contribution is 5.66. The van der Waals surface area contributed by atoms with Crippen molar-refractivity contribution in [1.82, 2.24) is 0 Å². The van der Waals surface area contributed by atoms with E-state index in [0.29, 0.717) is 23.8 Å². The van der Waals surface area contributed by atoms with Crippen LogP contribution >= 0.6 is 0 Å². The number of rotatable bonds is 9. The number of halogens is 3. The van der Waals surface area contributed by atoms with Gasteiger partial charge in [0.2, 0.25) is 0 Å². The third-order valence-corrected chi connectivity index (χ3v) is 6.70. The molecule has 0 spiro atoms. The van der Waals surface area contributed by atoms with E-state index in [0.717, 1.165) is 56.9 Å². The number of aryl methyl sites for hydroxylation is 1. The van der Waals surface area contributed by atoms with Crippen LogP contribution in [0.5, 0.6) is 0 Å². The lowest BCUT2D eigenvalue weighted by atomic mass is 9.78. The highest BCUT2D eigenvalue weighted by Gasteiger charge is 2.23. The molecule has 1 aliphatic rings. The average Bonchev–Trinajstić information content (AvgIpc) is 2.78. The van der Waals surface area contributed by atoms with E-state index in [4.69, 9.17) is 0 Å². The van der Waals surface area contributed by atoms with Crippen LogP contribution < -0.4 is 0 Å². The lowest BCUT2D eigenvalue weighted by Gasteiger charge is -2.27. The molecule has 1 saturated carbocycles. The SMILES string of the molecule is C/C=C/C1CCC(c2ccc(-c3ccc(CCCCCCC)c(F)c3F)c(F)c2)CC1. The molecule has 0 N–H and O–H groups in total. The fraction of sp³-hybridized carbons (Fsp3) is 0.500. The molecule has 2 aromatic rings. The summed E-state index contributed by atoms with van der Waals surface area (Å²) in [7, 11) is 0. The highest BCUT2D eigenvalue weighted by atomic mass is 19.2. The largest absolute Gasteiger partial charge is 0.206 e. The number of hydrogen-bond acceptors (Lipinski definition) is 0. The summed E-state index contributed by atoms with van der Waals surface area (Å²) >= 11 is 0. The van der Waals surface area contributed by atoms with Crippen LogP contribution in [-0.2, 0) is 6.42 Å². The Balaban J connectivity index is 1.70. The van der Waals surface area contributed by atoms with Crippen LogP contribution in [0.25, 0.3) is 11.1 Å². The molecule has 0 heterocycles. The molecule has 31 heavy (non-hydrogen) atoms. The third-order valence-electron chi connectivity index (χ3n) is 6.70.